The highest BCUT2D eigenvalue weighted by Gasteiger charge is 2.24. The smallest absolute Gasteiger partial charge is 0.101 e. The van der Waals surface area contributed by atoms with Crippen LogP contribution in [0.2, 0.25) is 0 Å². The van der Waals surface area contributed by atoms with E-state index < -0.39 is 0 Å². The van der Waals surface area contributed by atoms with Gasteiger partial charge in [0.05, 0.1) is 0 Å². The standard InChI is InChI=1S/C43H86N2/c1-4-7-10-13-16-18-20-21-22-23-24-25-26-27-29-32-35-38-43-44(39-36-33-30-15-12-9-6-3)41-42-45(43)40-37-34-31-28-19-17-14-11-8-5-2/h41-43H,4-40H2,1-3H3. The monoisotopic (exact) mass is 631 g/mol. The van der Waals surface area contributed by atoms with Crippen LogP contribution < -0.4 is 0 Å². The third-order valence-corrected chi connectivity index (χ3v) is 10.6. The summed E-state index contributed by atoms with van der Waals surface area (Å²) in [5, 5.41) is 0. The number of unbranched alkanes of at least 4 members (excludes halogenated alkanes) is 31. The molecule has 0 saturated heterocycles. The Morgan fingerprint density at radius 1 is 0.289 bits per heavy atom. The molecular weight excluding hydrogens is 544 g/mol. The number of hydrogen-bond donors (Lipinski definition) is 0. The van der Waals surface area contributed by atoms with E-state index in [1.54, 1.807) is 0 Å². The van der Waals surface area contributed by atoms with Crippen molar-refractivity contribution in [2.45, 2.75) is 252 Å². The van der Waals surface area contributed by atoms with Gasteiger partial charge in [-0.2, -0.15) is 0 Å². The molecule has 0 bridgehead atoms. The normalized spacial score (nSPS) is 14.8. The molecule has 0 fully saturated rings. The van der Waals surface area contributed by atoms with Gasteiger partial charge in [-0.05, 0) is 25.7 Å². The van der Waals surface area contributed by atoms with Gasteiger partial charge in [0.15, 0.2) is 0 Å². The van der Waals surface area contributed by atoms with E-state index in [1.165, 1.54) is 238 Å². The van der Waals surface area contributed by atoms with Crippen molar-refractivity contribution < 1.29 is 0 Å². The van der Waals surface area contributed by atoms with Crippen LogP contribution >= 0.6 is 0 Å². The molecule has 0 aliphatic carbocycles. The highest BCUT2D eigenvalue weighted by molar-refractivity contribution is 4.97. The summed E-state index contributed by atoms with van der Waals surface area (Å²) in [5.74, 6) is 0. The Morgan fingerprint density at radius 3 is 0.778 bits per heavy atom. The van der Waals surface area contributed by atoms with Gasteiger partial charge in [-0.1, -0.05) is 220 Å². The molecule has 0 amide bonds. The van der Waals surface area contributed by atoms with E-state index in [9.17, 15) is 0 Å². The van der Waals surface area contributed by atoms with Crippen LogP contribution in [0.1, 0.15) is 245 Å². The largest absolute Gasteiger partial charge is 0.356 e. The Morgan fingerprint density at radius 2 is 0.511 bits per heavy atom. The Bertz CT molecular complexity index is 586. The van der Waals surface area contributed by atoms with Crippen LogP contribution in [0.3, 0.4) is 0 Å². The van der Waals surface area contributed by atoms with Gasteiger partial charge in [-0.25, -0.2) is 0 Å². The molecule has 2 heteroatoms. The lowest BCUT2D eigenvalue weighted by Gasteiger charge is -2.33. The predicted octanol–water partition coefficient (Wildman–Crippen LogP) is 15.1. The molecule has 0 N–H and O–H groups in total. The minimum absolute atomic E-state index is 0.639. The van der Waals surface area contributed by atoms with Crippen molar-refractivity contribution in [3.05, 3.63) is 12.4 Å². The molecule has 1 unspecified atom stereocenters. The zero-order valence-corrected chi connectivity index (χ0v) is 31.8. The summed E-state index contributed by atoms with van der Waals surface area (Å²) in [6.07, 6.45) is 55.9. The van der Waals surface area contributed by atoms with Crippen LogP contribution in [0, 0.1) is 0 Å². The molecule has 0 spiro atoms. The number of rotatable bonds is 37. The molecule has 1 aliphatic heterocycles. The van der Waals surface area contributed by atoms with E-state index in [0.717, 1.165) is 0 Å². The minimum Gasteiger partial charge on any atom is -0.356 e. The lowest BCUT2D eigenvalue weighted by atomic mass is 10.0. The third kappa shape index (κ3) is 27.0. The zero-order chi connectivity index (χ0) is 32.3. The first kappa shape index (κ1) is 42.4. The van der Waals surface area contributed by atoms with Crippen molar-refractivity contribution >= 4 is 0 Å². The maximum absolute atomic E-state index is 2.72. The Labute approximate surface area is 286 Å². The van der Waals surface area contributed by atoms with Gasteiger partial charge in [0.25, 0.3) is 0 Å². The van der Waals surface area contributed by atoms with Crippen LogP contribution in [0.15, 0.2) is 12.4 Å². The fraction of sp³-hybridized carbons (Fsp3) is 0.953. The van der Waals surface area contributed by atoms with Crippen LogP contribution in [0.5, 0.6) is 0 Å². The van der Waals surface area contributed by atoms with Gasteiger partial charge in [0, 0.05) is 25.5 Å². The Balaban J connectivity index is 2.15. The summed E-state index contributed by atoms with van der Waals surface area (Å²) in [4.78, 5) is 5.44. The van der Waals surface area contributed by atoms with E-state index in [4.69, 9.17) is 0 Å². The summed E-state index contributed by atoms with van der Waals surface area (Å²) in [5.41, 5.74) is 0. The average Bonchev–Trinajstić information content (AvgIpc) is 3.43. The van der Waals surface area contributed by atoms with Gasteiger partial charge in [0.2, 0.25) is 0 Å². The zero-order valence-electron chi connectivity index (χ0n) is 31.8. The quantitative estimate of drug-likeness (QED) is 0.0630. The lowest BCUT2D eigenvalue weighted by Crippen LogP contribution is -2.39. The van der Waals surface area contributed by atoms with E-state index in [-0.39, 0.29) is 0 Å². The van der Waals surface area contributed by atoms with Gasteiger partial charge >= 0.3 is 0 Å². The molecular formula is C43H86N2. The number of hydrogen-bond acceptors (Lipinski definition) is 2. The molecule has 1 atom stereocenters. The van der Waals surface area contributed by atoms with Gasteiger partial charge in [0.1, 0.15) is 6.17 Å². The van der Waals surface area contributed by atoms with Crippen LogP contribution in [-0.2, 0) is 0 Å². The second kappa shape index (κ2) is 34.7. The minimum atomic E-state index is 0.639. The van der Waals surface area contributed by atoms with Gasteiger partial charge in [-0.3, -0.25) is 0 Å². The van der Waals surface area contributed by atoms with E-state index in [0.29, 0.717) is 6.17 Å². The first-order valence-electron chi connectivity index (χ1n) is 21.5. The molecule has 0 radical (unpaired) electrons. The highest BCUT2D eigenvalue weighted by atomic mass is 15.4. The van der Waals surface area contributed by atoms with Gasteiger partial charge in [-0.15, -0.1) is 0 Å². The van der Waals surface area contributed by atoms with Crippen molar-refractivity contribution in [1.29, 1.82) is 0 Å². The Hall–Kier alpha value is -0.660. The molecule has 268 valence electrons. The molecule has 0 aromatic carbocycles. The highest BCUT2D eigenvalue weighted by Crippen LogP contribution is 2.24. The molecule has 0 aromatic rings. The lowest BCUT2D eigenvalue weighted by molar-refractivity contribution is 0.135. The maximum Gasteiger partial charge on any atom is 0.101 e. The second-order valence-corrected chi connectivity index (χ2v) is 15.0. The third-order valence-electron chi connectivity index (χ3n) is 10.6. The van der Waals surface area contributed by atoms with Gasteiger partial charge < -0.3 is 9.80 Å². The van der Waals surface area contributed by atoms with Crippen molar-refractivity contribution in [3.8, 4) is 0 Å². The van der Waals surface area contributed by atoms with E-state index in [1.807, 2.05) is 0 Å². The van der Waals surface area contributed by atoms with Crippen molar-refractivity contribution in [2.75, 3.05) is 13.1 Å². The number of nitrogens with zero attached hydrogens (tertiary/aromatic N) is 2. The molecule has 1 aliphatic rings. The topological polar surface area (TPSA) is 6.48 Å². The maximum atomic E-state index is 2.72. The first-order chi connectivity index (χ1) is 22.3. The first-order valence-corrected chi connectivity index (χ1v) is 21.5. The summed E-state index contributed by atoms with van der Waals surface area (Å²) in [7, 11) is 0. The second-order valence-electron chi connectivity index (χ2n) is 15.0. The molecule has 1 heterocycles. The van der Waals surface area contributed by atoms with Crippen molar-refractivity contribution in [1.82, 2.24) is 9.80 Å². The van der Waals surface area contributed by atoms with Crippen molar-refractivity contribution in [3.63, 3.8) is 0 Å². The van der Waals surface area contributed by atoms with Crippen LogP contribution in [0.25, 0.3) is 0 Å². The van der Waals surface area contributed by atoms with Crippen LogP contribution in [-0.4, -0.2) is 29.1 Å². The molecule has 45 heavy (non-hydrogen) atoms. The molecule has 1 rings (SSSR count). The Kier molecular flexibility index (Phi) is 32.6. The molecule has 2 nitrogen and oxygen atoms in total. The molecule has 0 saturated carbocycles. The van der Waals surface area contributed by atoms with Crippen molar-refractivity contribution in [2.24, 2.45) is 0 Å². The predicted molar refractivity (Wildman–Crippen MR) is 205 cm³/mol. The summed E-state index contributed by atoms with van der Waals surface area (Å²) in [6, 6.07) is 0. The fourth-order valence-electron chi connectivity index (χ4n) is 7.42. The fourth-order valence-corrected chi connectivity index (χ4v) is 7.42. The van der Waals surface area contributed by atoms with Crippen LogP contribution in [0.4, 0.5) is 0 Å². The summed E-state index contributed by atoms with van der Waals surface area (Å²) in [6.45, 7) is 9.48. The summed E-state index contributed by atoms with van der Waals surface area (Å²) < 4.78 is 0. The SMILES string of the molecule is CCCCCCCCCCCCCCCCCCCC1N(CCCCCCCCC)C=CN1CCCCCCCCCCCC. The average molecular weight is 631 g/mol. The molecule has 0 aromatic heterocycles. The summed E-state index contributed by atoms with van der Waals surface area (Å²) >= 11 is 0. The van der Waals surface area contributed by atoms with E-state index >= 15 is 0 Å². The van der Waals surface area contributed by atoms with E-state index in [2.05, 4.69) is 43.0 Å².